The Morgan fingerprint density at radius 1 is 1.00 bits per heavy atom. The highest BCUT2D eigenvalue weighted by atomic mass is 16.5. The molecule has 0 heterocycles. The fraction of sp³-hybridized carbons (Fsp3) is 0.150. The van der Waals surface area contributed by atoms with E-state index in [9.17, 15) is 4.79 Å². The number of benzene rings is 2. The molecule has 0 aliphatic heterocycles. The van der Waals surface area contributed by atoms with Gasteiger partial charge in [-0.05, 0) is 29.3 Å². The number of ether oxygens (including phenoxy) is 1. The minimum absolute atomic E-state index is 0.0388. The maximum absolute atomic E-state index is 11.6. The van der Waals surface area contributed by atoms with E-state index >= 15 is 0 Å². The van der Waals surface area contributed by atoms with Crippen molar-refractivity contribution < 1.29 is 9.53 Å². The summed E-state index contributed by atoms with van der Waals surface area (Å²) in [5.41, 5.74) is 2.10. The van der Waals surface area contributed by atoms with Crippen molar-refractivity contribution in [1.82, 2.24) is 4.90 Å². The van der Waals surface area contributed by atoms with Crippen LogP contribution in [0.4, 0.5) is 0 Å². The Labute approximate surface area is 137 Å². The Bertz CT molecular complexity index is 671. The monoisotopic (exact) mass is 307 g/mol. The average molecular weight is 307 g/mol. The second kappa shape index (κ2) is 8.59. The Hall–Kier alpha value is -2.81. The molecule has 118 valence electrons. The second-order valence-corrected chi connectivity index (χ2v) is 5.36. The van der Waals surface area contributed by atoms with Gasteiger partial charge in [-0.25, -0.2) is 0 Å². The van der Waals surface area contributed by atoms with Gasteiger partial charge in [0.1, 0.15) is 12.4 Å². The molecule has 0 aliphatic rings. The zero-order valence-corrected chi connectivity index (χ0v) is 13.5. The summed E-state index contributed by atoms with van der Waals surface area (Å²) >= 11 is 0. The Balaban J connectivity index is 1.88. The molecule has 0 amide bonds. The fourth-order valence-corrected chi connectivity index (χ4v) is 1.87. The molecule has 0 bridgehead atoms. The zero-order valence-electron chi connectivity index (χ0n) is 13.5. The first-order valence-electron chi connectivity index (χ1n) is 7.47. The molecule has 3 heteroatoms. The summed E-state index contributed by atoms with van der Waals surface area (Å²) in [6.07, 6.45) is 6.62. The highest BCUT2D eigenvalue weighted by molar-refractivity contribution is 6.01. The molecule has 0 radical (unpaired) electrons. The first-order valence-corrected chi connectivity index (χ1v) is 7.47. The van der Waals surface area contributed by atoms with Crippen molar-refractivity contribution in [3.63, 3.8) is 0 Å². The molecule has 0 saturated carbocycles. The van der Waals surface area contributed by atoms with Gasteiger partial charge in [-0.2, -0.15) is 0 Å². The number of allylic oxidation sites excluding steroid dienone is 2. The number of nitrogens with zero attached hydrogens (tertiary/aromatic N) is 1. The number of carbonyl (C=O) groups excluding carboxylic acids is 1. The van der Waals surface area contributed by atoms with Crippen LogP contribution in [0.25, 0.3) is 6.08 Å². The zero-order chi connectivity index (χ0) is 16.5. The van der Waals surface area contributed by atoms with Crippen LogP contribution >= 0.6 is 0 Å². The largest absolute Gasteiger partial charge is 0.489 e. The Kier molecular flexibility index (Phi) is 6.18. The van der Waals surface area contributed by atoms with Gasteiger partial charge < -0.3 is 9.64 Å². The number of hydrogen-bond acceptors (Lipinski definition) is 3. The summed E-state index contributed by atoms with van der Waals surface area (Å²) in [5.74, 6) is 0.771. The van der Waals surface area contributed by atoms with Gasteiger partial charge in [-0.3, -0.25) is 4.79 Å². The van der Waals surface area contributed by atoms with Gasteiger partial charge in [0, 0.05) is 26.4 Å². The lowest BCUT2D eigenvalue weighted by atomic mass is 10.2. The van der Waals surface area contributed by atoms with Gasteiger partial charge in [0.25, 0.3) is 0 Å². The van der Waals surface area contributed by atoms with Crippen LogP contribution in [0.15, 0.2) is 72.9 Å². The first kappa shape index (κ1) is 16.6. The standard InChI is InChI=1S/C20H21NO2/c1-21(2)15-14-19(22)11-8-17-9-12-20(13-10-17)23-16-18-6-4-3-5-7-18/h3-15H,16H2,1-2H3/b11-8+,15-14+. The highest BCUT2D eigenvalue weighted by Crippen LogP contribution is 2.15. The highest BCUT2D eigenvalue weighted by Gasteiger charge is 1.96. The number of rotatable bonds is 7. The van der Waals surface area contributed by atoms with E-state index in [1.165, 1.54) is 6.08 Å². The van der Waals surface area contributed by atoms with Crippen LogP contribution in [-0.4, -0.2) is 24.8 Å². The molecule has 23 heavy (non-hydrogen) atoms. The minimum Gasteiger partial charge on any atom is -0.489 e. The predicted molar refractivity (Wildman–Crippen MR) is 94.1 cm³/mol. The van der Waals surface area contributed by atoms with Crippen LogP contribution in [0.3, 0.4) is 0 Å². The molecule has 0 unspecified atom stereocenters. The molecule has 0 atom stereocenters. The van der Waals surface area contributed by atoms with Gasteiger partial charge in [0.15, 0.2) is 5.78 Å². The summed E-state index contributed by atoms with van der Waals surface area (Å²) in [6.45, 7) is 0.545. The van der Waals surface area contributed by atoms with Crippen LogP contribution in [0, 0.1) is 0 Å². The lowest BCUT2D eigenvalue weighted by Gasteiger charge is -2.06. The third-order valence-electron chi connectivity index (χ3n) is 3.11. The smallest absolute Gasteiger partial charge is 0.180 e. The van der Waals surface area contributed by atoms with Crippen molar-refractivity contribution in [1.29, 1.82) is 0 Å². The van der Waals surface area contributed by atoms with E-state index in [2.05, 4.69) is 0 Å². The van der Waals surface area contributed by atoms with Gasteiger partial charge in [0.2, 0.25) is 0 Å². The summed E-state index contributed by atoms with van der Waals surface area (Å²) in [5, 5.41) is 0. The maximum Gasteiger partial charge on any atom is 0.180 e. The predicted octanol–water partition coefficient (Wildman–Crippen LogP) is 3.92. The van der Waals surface area contributed by atoms with E-state index in [4.69, 9.17) is 4.74 Å². The van der Waals surface area contributed by atoms with Crippen molar-refractivity contribution >= 4 is 11.9 Å². The molecule has 0 spiro atoms. The number of ketones is 1. The summed E-state index contributed by atoms with van der Waals surface area (Å²) in [7, 11) is 3.75. The number of hydrogen-bond donors (Lipinski definition) is 0. The van der Waals surface area contributed by atoms with Crippen molar-refractivity contribution in [3.05, 3.63) is 84.1 Å². The van der Waals surface area contributed by atoms with E-state index in [0.717, 1.165) is 16.9 Å². The quantitative estimate of drug-likeness (QED) is 0.726. The molecule has 3 nitrogen and oxygen atoms in total. The van der Waals surface area contributed by atoms with E-state index in [1.807, 2.05) is 73.6 Å². The van der Waals surface area contributed by atoms with Gasteiger partial charge in [-0.1, -0.05) is 48.5 Å². The van der Waals surface area contributed by atoms with Crippen molar-refractivity contribution in [2.45, 2.75) is 6.61 Å². The third-order valence-corrected chi connectivity index (χ3v) is 3.11. The van der Waals surface area contributed by atoms with E-state index in [1.54, 1.807) is 18.4 Å². The SMILES string of the molecule is CN(C)/C=C/C(=O)/C=C/c1ccc(OCc2ccccc2)cc1. The normalized spacial score (nSPS) is 11.0. The molecule has 0 fully saturated rings. The summed E-state index contributed by atoms with van der Waals surface area (Å²) < 4.78 is 5.73. The average Bonchev–Trinajstić information content (AvgIpc) is 2.58. The Morgan fingerprint density at radius 2 is 1.70 bits per heavy atom. The van der Waals surface area contributed by atoms with Crippen LogP contribution < -0.4 is 4.74 Å². The van der Waals surface area contributed by atoms with Crippen molar-refractivity contribution in [2.75, 3.05) is 14.1 Å². The van der Waals surface area contributed by atoms with E-state index in [0.29, 0.717) is 6.61 Å². The fourth-order valence-electron chi connectivity index (χ4n) is 1.87. The second-order valence-electron chi connectivity index (χ2n) is 5.36. The van der Waals surface area contributed by atoms with Crippen LogP contribution in [0.5, 0.6) is 5.75 Å². The molecule has 0 N–H and O–H groups in total. The van der Waals surface area contributed by atoms with Gasteiger partial charge in [0.05, 0.1) is 0 Å². The lowest BCUT2D eigenvalue weighted by Crippen LogP contribution is -2.01. The molecule has 2 aromatic carbocycles. The van der Waals surface area contributed by atoms with E-state index < -0.39 is 0 Å². The Morgan fingerprint density at radius 3 is 2.35 bits per heavy atom. The summed E-state index contributed by atoms with van der Waals surface area (Å²) in [4.78, 5) is 13.4. The van der Waals surface area contributed by atoms with Crippen molar-refractivity contribution in [3.8, 4) is 5.75 Å². The van der Waals surface area contributed by atoms with Crippen LogP contribution in [-0.2, 0) is 11.4 Å². The molecular weight excluding hydrogens is 286 g/mol. The molecule has 0 aliphatic carbocycles. The first-order chi connectivity index (χ1) is 11.1. The number of carbonyl (C=O) groups is 1. The molecular formula is C20H21NO2. The third kappa shape index (κ3) is 6.22. The summed E-state index contributed by atoms with van der Waals surface area (Å²) in [6, 6.07) is 17.7. The van der Waals surface area contributed by atoms with Gasteiger partial charge >= 0.3 is 0 Å². The van der Waals surface area contributed by atoms with Crippen molar-refractivity contribution in [2.24, 2.45) is 0 Å². The van der Waals surface area contributed by atoms with Crippen LogP contribution in [0.1, 0.15) is 11.1 Å². The lowest BCUT2D eigenvalue weighted by molar-refractivity contribution is -0.110. The maximum atomic E-state index is 11.6. The van der Waals surface area contributed by atoms with E-state index in [-0.39, 0.29) is 5.78 Å². The minimum atomic E-state index is -0.0388. The van der Waals surface area contributed by atoms with Crippen LogP contribution in [0.2, 0.25) is 0 Å². The topological polar surface area (TPSA) is 29.5 Å². The molecule has 0 aromatic heterocycles. The van der Waals surface area contributed by atoms with Gasteiger partial charge in [-0.15, -0.1) is 0 Å². The molecule has 2 rings (SSSR count). The molecule has 0 saturated heterocycles. The molecule has 2 aromatic rings.